The monoisotopic (exact) mass is 276 g/mol. The van der Waals surface area contributed by atoms with Crippen LogP contribution >= 0.6 is 0 Å². The van der Waals surface area contributed by atoms with Crippen molar-refractivity contribution in [3.8, 4) is 0 Å². The van der Waals surface area contributed by atoms with Gasteiger partial charge in [0, 0.05) is 38.0 Å². The smallest absolute Gasteiger partial charge is 0.0460 e. The molecule has 1 aromatic carbocycles. The summed E-state index contributed by atoms with van der Waals surface area (Å²) in [6.07, 6.45) is 2.21. The second-order valence-electron chi connectivity index (χ2n) is 6.27. The quantitative estimate of drug-likeness (QED) is 0.868. The lowest BCUT2D eigenvalue weighted by Crippen LogP contribution is -2.35. The van der Waals surface area contributed by atoms with Crippen LogP contribution in [0.25, 0.3) is 0 Å². The molecule has 3 nitrogen and oxygen atoms in total. The number of rotatable bonds is 5. The Kier molecular flexibility index (Phi) is 5.44. The van der Waals surface area contributed by atoms with Gasteiger partial charge in [-0.1, -0.05) is 26.0 Å². The highest BCUT2D eigenvalue weighted by molar-refractivity contribution is 5.54. The van der Waals surface area contributed by atoms with Gasteiger partial charge in [-0.2, -0.15) is 0 Å². The van der Waals surface area contributed by atoms with E-state index in [4.69, 9.17) is 0 Å². The van der Waals surface area contributed by atoms with Crippen molar-refractivity contribution in [2.45, 2.75) is 46.2 Å². The molecule has 3 heteroatoms. The van der Waals surface area contributed by atoms with Crippen LogP contribution in [-0.2, 0) is 6.54 Å². The number of aliphatic hydroxyl groups excluding tert-OH is 1. The van der Waals surface area contributed by atoms with Crippen LogP contribution in [-0.4, -0.2) is 30.8 Å². The minimum absolute atomic E-state index is 0.340. The second-order valence-corrected chi connectivity index (χ2v) is 6.27. The minimum Gasteiger partial charge on any atom is -0.396 e. The lowest BCUT2D eigenvalue weighted by Gasteiger charge is -2.34. The summed E-state index contributed by atoms with van der Waals surface area (Å²) in [7, 11) is 0. The van der Waals surface area contributed by atoms with Gasteiger partial charge in [-0.3, -0.25) is 0 Å². The zero-order chi connectivity index (χ0) is 14.5. The highest BCUT2D eigenvalue weighted by Gasteiger charge is 2.19. The van der Waals surface area contributed by atoms with Crippen molar-refractivity contribution in [3.05, 3.63) is 29.3 Å². The van der Waals surface area contributed by atoms with Gasteiger partial charge >= 0.3 is 0 Å². The number of nitrogens with zero attached hydrogens (tertiary/aromatic N) is 1. The molecule has 0 atom stereocenters. The predicted octanol–water partition coefficient (Wildman–Crippen LogP) is 2.70. The van der Waals surface area contributed by atoms with Crippen molar-refractivity contribution < 1.29 is 5.11 Å². The van der Waals surface area contributed by atoms with Gasteiger partial charge < -0.3 is 15.3 Å². The first kappa shape index (κ1) is 15.3. The standard InChI is InChI=1S/C17H28N2O/c1-13(2)18-11-16-4-5-17(14(3)10-16)19-8-6-15(12-20)7-9-19/h4-5,10,13,15,18,20H,6-9,11-12H2,1-3H3. The van der Waals surface area contributed by atoms with E-state index in [0.29, 0.717) is 18.6 Å². The summed E-state index contributed by atoms with van der Waals surface area (Å²) in [5, 5.41) is 12.7. The van der Waals surface area contributed by atoms with E-state index in [1.807, 2.05) is 0 Å². The molecule has 0 aromatic heterocycles. The van der Waals surface area contributed by atoms with E-state index in [1.54, 1.807) is 0 Å². The number of aryl methyl sites for hydroxylation is 1. The Balaban J connectivity index is 1.99. The van der Waals surface area contributed by atoms with Crippen LogP contribution in [0.2, 0.25) is 0 Å². The third-order valence-corrected chi connectivity index (χ3v) is 4.19. The second kappa shape index (κ2) is 7.09. The van der Waals surface area contributed by atoms with Gasteiger partial charge in [-0.15, -0.1) is 0 Å². The topological polar surface area (TPSA) is 35.5 Å². The van der Waals surface area contributed by atoms with E-state index in [0.717, 1.165) is 32.5 Å². The molecule has 0 spiro atoms. The molecule has 1 saturated heterocycles. The Hall–Kier alpha value is -1.06. The first-order valence-electron chi connectivity index (χ1n) is 7.79. The van der Waals surface area contributed by atoms with E-state index in [9.17, 15) is 5.11 Å². The Morgan fingerprint density at radius 3 is 2.55 bits per heavy atom. The van der Waals surface area contributed by atoms with E-state index >= 15 is 0 Å². The van der Waals surface area contributed by atoms with Crippen molar-refractivity contribution in [3.63, 3.8) is 0 Å². The van der Waals surface area contributed by atoms with Crippen LogP contribution < -0.4 is 10.2 Å². The van der Waals surface area contributed by atoms with Crippen molar-refractivity contribution in [1.29, 1.82) is 0 Å². The molecule has 0 saturated carbocycles. The Morgan fingerprint density at radius 1 is 1.30 bits per heavy atom. The first-order valence-corrected chi connectivity index (χ1v) is 7.79. The molecular formula is C17H28N2O. The van der Waals surface area contributed by atoms with Crippen LogP contribution in [0, 0.1) is 12.8 Å². The number of benzene rings is 1. The van der Waals surface area contributed by atoms with E-state index in [2.05, 4.69) is 49.2 Å². The molecule has 0 amide bonds. The number of aliphatic hydroxyl groups is 1. The molecule has 0 bridgehead atoms. The summed E-state index contributed by atoms with van der Waals surface area (Å²) in [5.41, 5.74) is 4.07. The average molecular weight is 276 g/mol. The normalized spacial score (nSPS) is 16.9. The average Bonchev–Trinajstić information content (AvgIpc) is 2.45. The lowest BCUT2D eigenvalue weighted by molar-refractivity contribution is 0.203. The highest BCUT2D eigenvalue weighted by Crippen LogP contribution is 2.26. The van der Waals surface area contributed by atoms with Crippen molar-refractivity contribution >= 4 is 5.69 Å². The Morgan fingerprint density at radius 2 is 2.00 bits per heavy atom. The van der Waals surface area contributed by atoms with E-state index < -0.39 is 0 Å². The van der Waals surface area contributed by atoms with Gasteiger partial charge in [0.2, 0.25) is 0 Å². The van der Waals surface area contributed by atoms with Gasteiger partial charge in [-0.05, 0) is 42.9 Å². The summed E-state index contributed by atoms with van der Waals surface area (Å²) in [5.74, 6) is 0.501. The summed E-state index contributed by atoms with van der Waals surface area (Å²) in [6.45, 7) is 9.95. The maximum Gasteiger partial charge on any atom is 0.0460 e. The fourth-order valence-corrected chi connectivity index (χ4v) is 2.86. The zero-order valence-corrected chi connectivity index (χ0v) is 13.0. The molecule has 1 aliphatic rings. The van der Waals surface area contributed by atoms with Gasteiger partial charge in [0.25, 0.3) is 0 Å². The lowest BCUT2D eigenvalue weighted by atomic mass is 9.96. The highest BCUT2D eigenvalue weighted by atomic mass is 16.3. The maximum absolute atomic E-state index is 9.22. The molecule has 0 aliphatic carbocycles. The number of nitrogens with one attached hydrogen (secondary N) is 1. The molecule has 1 aromatic rings. The number of anilines is 1. The van der Waals surface area contributed by atoms with Crippen LogP contribution in [0.15, 0.2) is 18.2 Å². The van der Waals surface area contributed by atoms with Crippen LogP contribution in [0.4, 0.5) is 5.69 Å². The van der Waals surface area contributed by atoms with Gasteiger partial charge in [-0.25, -0.2) is 0 Å². The van der Waals surface area contributed by atoms with E-state index in [-0.39, 0.29) is 0 Å². The largest absolute Gasteiger partial charge is 0.396 e. The third-order valence-electron chi connectivity index (χ3n) is 4.19. The van der Waals surface area contributed by atoms with Crippen molar-refractivity contribution in [1.82, 2.24) is 5.32 Å². The molecule has 1 heterocycles. The molecule has 0 unspecified atom stereocenters. The molecule has 0 radical (unpaired) electrons. The summed E-state index contributed by atoms with van der Waals surface area (Å²) in [6, 6.07) is 7.30. The van der Waals surface area contributed by atoms with Crippen LogP contribution in [0.3, 0.4) is 0 Å². The molecule has 20 heavy (non-hydrogen) atoms. The first-order chi connectivity index (χ1) is 9.60. The molecule has 1 fully saturated rings. The summed E-state index contributed by atoms with van der Waals surface area (Å²) in [4.78, 5) is 2.46. The number of piperidine rings is 1. The molecule has 112 valence electrons. The Labute approximate surface area is 123 Å². The number of hydrogen-bond acceptors (Lipinski definition) is 3. The van der Waals surface area contributed by atoms with Gasteiger partial charge in [0.15, 0.2) is 0 Å². The third kappa shape index (κ3) is 3.97. The molecule has 2 rings (SSSR count). The van der Waals surface area contributed by atoms with Crippen molar-refractivity contribution in [2.24, 2.45) is 5.92 Å². The molecular weight excluding hydrogens is 248 g/mol. The van der Waals surface area contributed by atoms with Crippen molar-refractivity contribution in [2.75, 3.05) is 24.6 Å². The summed E-state index contributed by atoms with van der Waals surface area (Å²) >= 11 is 0. The van der Waals surface area contributed by atoms with Crippen LogP contribution in [0.5, 0.6) is 0 Å². The minimum atomic E-state index is 0.340. The number of hydrogen-bond donors (Lipinski definition) is 2. The van der Waals surface area contributed by atoms with Gasteiger partial charge in [0.1, 0.15) is 0 Å². The molecule has 1 aliphatic heterocycles. The Bertz CT molecular complexity index is 423. The fourth-order valence-electron chi connectivity index (χ4n) is 2.86. The molecule has 2 N–H and O–H groups in total. The SMILES string of the molecule is Cc1cc(CNC(C)C)ccc1N1CCC(CO)CC1. The maximum atomic E-state index is 9.22. The predicted molar refractivity (Wildman–Crippen MR) is 85.2 cm³/mol. The zero-order valence-electron chi connectivity index (χ0n) is 13.0. The summed E-state index contributed by atoms with van der Waals surface area (Å²) < 4.78 is 0. The van der Waals surface area contributed by atoms with Gasteiger partial charge in [0.05, 0.1) is 0 Å². The van der Waals surface area contributed by atoms with E-state index in [1.165, 1.54) is 16.8 Å². The van der Waals surface area contributed by atoms with Crippen LogP contribution in [0.1, 0.15) is 37.8 Å². The fraction of sp³-hybridized carbons (Fsp3) is 0.647.